The average Bonchev–Trinajstić information content (AvgIpc) is 3.33. The van der Waals surface area contributed by atoms with Gasteiger partial charge in [-0.3, -0.25) is 4.79 Å². The SMILES string of the molecule is CC/C=C\C/C=C\C/C=C\C/C=C\C/C=C\C/C=C\CCCCCCC(=O)OC(COCCCCCCCC/C=C\CCC)COC1OC(COC2OC(CO)C(O)C(O)C2O)C(O)C(O)C1O. The smallest absolute Gasteiger partial charge is 0.306 e. The van der Waals surface area contributed by atoms with Crippen molar-refractivity contribution in [3.63, 3.8) is 0 Å². The van der Waals surface area contributed by atoms with Gasteiger partial charge in [-0.1, -0.05) is 144 Å². The van der Waals surface area contributed by atoms with Crippen molar-refractivity contribution in [2.24, 2.45) is 0 Å². The quantitative estimate of drug-likeness (QED) is 0.0179. The molecule has 14 heteroatoms. The fourth-order valence-electron chi connectivity index (χ4n) is 7.47. The lowest BCUT2D eigenvalue weighted by atomic mass is 9.98. The molecule has 390 valence electrons. The number of aliphatic hydroxyl groups excluding tert-OH is 7. The number of aliphatic hydroxyl groups is 7. The summed E-state index contributed by atoms with van der Waals surface area (Å²) < 4.78 is 34.2. The molecule has 68 heavy (non-hydrogen) atoms. The molecule has 2 aliphatic heterocycles. The lowest BCUT2D eigenvalue weighted by molar-refractivity contribution is -0.332. The molecule has 0 saturated carbocycles. The minimum absolute atomic E-state index is 0.0411. The van der Waals surface area contributed by atoms with Gasteiger partial charge in [0.2, 0.25) is 0 Å². The number of hydrogen-bond acceptors (Lipinski definition) is 14. The van der Waals surface area contributed by atoms with Crippen LogP contribution in [-0.2, 0) is 33.2 Å². The van der Waals surface area contributed by atoms with Crippen molar-refractivity contribution in [3.8, 4) is 0 Å². The number of esters is 1. The Kier molecular flexibility index (Phi) is 36.8. The van der Waals surface area contributed by atoms with Gasteiger partial charge >= 0.3 is 5.97 Å². The number of ether oxygens (including phenoxy) is 6. The van der Waals surface area contributed by atoms with Crippen LogP contribution in [0.2, 0.25) is 0 Å². The first kappa shape index (κ1) is 61.3. The van der Waals surface area contributed by atoms with E-state index in [1.807, 2.05) is 0 Å². The van der Waals surface area contributed by atoms with E-state index in [-0.39, 0.29) is 19.6 Å². The summed E-state index contributed by atoms with van der Waals surface area (Å²) in [6.45, 7) is 3.44. The number of carbonyl (C=O) groups is 1. The highest BCUT2D eigenvalue weighted by atomic mass is 16.7. The predicted molar refractivity (Wildman–Crippen MR) is 265 cm³/mol. The highest BCUT2D eigenvalue weighted by Gasteiger charge is 2.47. The van der Waals surface area contributed by atoms with Crippen LogP contribution in [0, 0.1) is 0 Å². The maximum Gasteiger partial charge on any atom is 0.306 e. The van der Waals surface area contributed by atoms with Crippen molar-refractivity contribution >= 4 is 5.97 Å². The van der Waals surface area contributed by atoms with E-state index < -0.39 is 86.7 Å². The van der Waals surface area contributed by atoms with Gasteiger partial charge in [-0.25, -0.2) is 0 Å². The summed E-state index contributed by atoms with van der Waals surface area (Å²) in [5.74, 6) is -0.407. The molecule has 2 heterocycles. The summed E-state index contributed by atoms with van der Waals surface area (Å²) in [5, 5.41) is 72.1. The Morgan fingerprint density at radius 2 is 0.956 bits per heavy atom. The highest BCUT2D eigenvalue weighted by molar-refractivity contribution is 5.69. The van der Waals surface area contributed by atoms with Crippen LogP contribution in [0.4, 0.5) is 0 Å². The van der Waals surface area contributed by atoms with Gasteiger partial charge in [0.15, 0.2) is 12.6 Å². The fraction of sp³-hybridized carbons (Fsp3) is 0.722. The molecular formula is C54H90O14. The van der Waals surface area contributed by atoms with Gasteiger partial charge in [0.1, 0.15) is 54.9 Å². The second-order valence-electron chi connectivity index (χ2n) is 17.6. The summed E-state index contributed by atoms with van der Waals surface area (Å²) in [5.41, 5.74) is 0. The van der Waals surface area contributed by atoms with Gasteiger partial charge in [-0.05, 0) is 83.5 Å². The maximum absolute atomic E-state index is 13.0. The topological polar surface area (TPSA) is 214 Å². The number of hydrogen-bond donors (Lipinski definition) is 7. The minimum atomic E-state index is -1.72. The third kappa shape index (κ3) is 28.1. The van der Waals surface area contributed by atoms with Crippen molar-refractivity contribution in [2.45, 2.75) is 216 Å². The Morgan fingerprint density at radius 3 is 1.51 bits per heavy atom. The van der Waals surface area contributed by atoms with Crippen molar-refractivity contribution in [1.82, 2.24) is 0 Å². The summed E-state index contributed by atoms with van der Waals surface area (Å²) in [7, 11) is 0. The monoisotopic (exact) mass is 963 g/mol. The van der Waals surface area contributed by atoms with E-state index >= 15 is 0 Å². The number of unbranched alkanes of at least 4 members (excludes halogenated alkanes) is 11. The van der Waals surface area contributed by atoms with Crippen LogP contribution < -0.4 is 0 Å². The van der Waals surface area contributed by atoms with Crippen LogP contribution in [0.5, 0.6) is 0 Å². The zero-order chi connectivity index (χ0) is 49.5. The van der Waals surface area contributed by atoms with E-state index in [0.29, 0.717) is 13.0 Å². The fourth-order valence-corrected chi connectivity index (χ4v) is 7.47. The first-order chi connectivity index (χ1) is 33.1. The molecule has 0 aromatic heterocycles. The molecule has 0 aromatic rings. The molecule has 14 nitrogen and oxygen atoms in total. The van der Waals surface area contributed by atoms with Crippen molar-refractivity contribution in [3.05, 3.63) is 85.1 Å². The molecule has 0 bridgehead atoms. The van der Waals surface area contributed by atoms with Crippen molar-refractivity contribution in [1.29, 1.82) is 0 Å². The molecule has 2 rings (SSSR count). The maximum atomic E-state index is 13.0. The molecule has 0 amide bonds. The first-order valence-corrected chi connectivity index (χ1v) is 25.7. The van der Waals surface area contributed by atoms with Gasteiger partial charge < -0.3 is 64.2 Å². The van der Waals surface area contributed by atoms with Gasteiger partial charge in [-0.15, -0.1) is 0 Å². The molecule has 2 aliphatic rings. The van der Waals surface area contributed by atoms with Gasteiger partial charge in [0.05, 0.1) is 26.4 Å². The van der Waals surface area contributed by atoms with E-state index in [0.717, 1.165) is 103 Å². The molecule has 0 aromatic carbocycles. The second-order valence-corrected chi connectivity index (χ2v) is 17.6. The van der Waals surface area contributed by atoms with Gasteiger partial charge in [0, 0.05) is 13.0 Å². The molecule has 2 saturated heterocycles. The molecule has 0 radical (unpaired) electrons. The van der Waals surface area contributed by atoms with Crippen molar-refractivity contribution in [2.75, 3.05) is 33.0 Å². The Bertz CT molecular complexity index is 1440. The second kappa shape index (κ2) is 40.9. The standard InChI is InChI=1S/C54H90O14/c1-3-5-7-9-11-13-15-16-17-18-19-20-21-22-23-24-25-26-27-29-31-33-35-37-46(56)66-43(40-63-38-36-34-32-30-28-14-12-10-8-6-4-2)41-64-53-52(62)50(60)48(58)45(68-53)42-65-54-51(61)49(59)47(57)44(39-55)67-54/h5,7-8,10-11,13,16-17,19-20,22-23,25-26,43-45,47-55,57-62H,3-4,6,9,12,14-15,18,21,24,27-42H2,1-2H3/b7-5-,10-8-,13-11-,17-16-,20-19-,23-22-,26-25-. The van der Waals surface area contributed by atoms with E-state index in [1.54, 1.807) is 0 Å². The third-order valence-corrected chi connectivity index (χ3v) is 11.6. The van der Waals surface area contributed by atoms with E-state index in [2.05, 4.69) is 98.9 Å². The predicted octanol–water partition coefficient (Wildman–Crippen LogP) is 7.68. The highest BCUT2D eigenvalue weighted by Crippen LogP contribution is 2.26. The third-order valence-electron chi connectivity index (χ3n) is 11.6. The van der Waals surface area contributed by atoms with Crippen LogP contribution in [0.15, 0.2) is 85.1 Å². The number of carbonyl (C=O) groups excluding carboxylic acids is 1. The molecule has 7 N–H and O–H groups in total. The van der Waals surface area contributed by atoms with Crippen LogP contribution >= 0.6 is 0 Å². The molecule has 2 fully saturated rings. The van der Waals surface area contributed by atoms with Crippen LogP contribution in [0.25, 0.3) is 0 Å². The Labute approximate surface area is 408 Å². The van der Waals surface area contributed by atoms with Crippen LogP contribution in [0.1, 0.15) is 149 Å². The van der Waals surface area contributed by atoms with E-state index in [4.69, 9.17) is 28.4 Å². The molecule has 0 spiro atoms. The zero-order valence-corrected chi connectivity index (χ0v) is 41.3. The summed E-state index contributed by atoms with van der Waals surface area (Å²) >= 11 is 0. The minimum Gasteiger partial charge on any atom is -0.457 e. The number of rotatable bonds is 39. The van der Waals surface area contributed by atoms with Gasteiger partial charge in [-0.2, -0.15) is 0 Å². The van der Waals surface area contributed by atoms with Crippen LogP contribution in [-0.4, -0.2) is 142 Å². The van der Waals surface area contributed by atoms with E-state index in [9.17, 15) is 40.5 Å². The Morgan fingerprint density at radius 1 is 0.500 bits per heavy atom. The Hall–Kier alpha value is -2.83. The molecule has 11 unspecified atom stereocenters. The molecular weight excluding hydrogens is 873 g/mol. The Balaban J connectivity index is 1.76. The normalized spacial score (nSPS) is 26.6. The first-order valence-electron chi connectivity index (χ1n) is 25.7. The summed E-state index contributed by atoms with van der Waals surface area (Å²) in [4.78, 5) is 13.0. The van der Waals surface area contributed by atoms with E-state index in [1.165, 1.54) is 19.3 Å². The summed E-state index contributed by atoms with van der Waals surface area (Å²) in [6, 6.07) is 0. The number of allylic oxidation sites excluding steroid dienone is 14. The average molecular weight is 963 g/mol. The molecule has 11 atom stereocenters. The lowest BCUT2D eigenvalue weighted by Gasteiger charge is -2.42. The van der Waals surface area contributed by atoms with Crippen LogP contribution in [0.3, 0.4) is 0 Å². The lowest BCUT2D eigenvalue weighted by Crippen LogP contribution is -2.61. The van der Waals surface area contributed by atoms with Gasteiger partial charge in [0.25, 0.3) is 0 Å². The molecule has 0 aliphatic carbocycles. The largest absolute Gasteiger partial charge is 0.457 e. The summed E-state index contributed by atoms with van der Waals surface area (Å²) in [6.07, 6.45) is 35.1. The van der Waals surface area contributed by atoms with Crippen molar-refractivity contribution < 1.29 is 69.0 Å². The zero-order valence-electron chi connectivity index (χ0n) is 41.3.